The molecule has 4 nitrogen and oxygen atoms in total. The second kappa shape index (κ2) is 9.05. The molecule has 0 saturated heterocycles. The molecule has 7 heteroatoms. The Balaban J connectivity index is 1.68. The Morgan fingerprint density at radius 3 is 2.26 bits per heavy atom. The van der Waals surface area contributed by atoms with Crippen LogP contribution in [0.3, 0.4) is 0 Å². The number of hydrogen-bond acceptors (Lipinski definition) is 2. The van der Waals surface area contributed by atoms with Crippen LogP contribution < -0.4 is 5.32 Å². The number of fused-ring (bicyclic) bond motifs is 1. The summed E-state index contributed by atoms with van der Waals surface area (Å²) < 4.78 is 13.8. The summed E-state index contributed by atoms with van der Waals surface area (Å²) in [7, 11) is 0. The number of nitrogens with one attached hydrogen (secondary N) is 1. The third kappa shape index (κ3) is 4.08. The van der Waals surface area contributed by atoms with Crippen LogP contribution >= 0.6 is 23.2 Å². The summed E-state index contributed by atoms with van der Waals surface area (Å²) in [4.78, 5) is 29.0. The first-order valence-corrected chi connectivity index (χ1v) is 12.0. The molecule has 3 aromatic rings. The summed E-state index contributed by atoms with van der Waals surface area (Å²) >= 11 is 12.5. The third-order valence-electron chi connectivity index (χ3n) is 6.92. The van der Waals surface area contributed by atoms with Crippen molar-refractivity contribution in [3.8, 4) is 0 Å². The molecule has 1 N–H and O–H groups in total. The van der Waals surface area contributed by atoms with Gasteiger partial charge in [0.25, 0.3) is 0 Å². The second-order valence-corrected chi connectivity index (χ2v) is 9.84. The van der Waals surface area contributed by atoms with Crippen molar-refractivity contribution in [1.29, 1.82) is 0 Å². The summed E-state index contributed by atoms with van der Waals surface area (Å²) in [5, 5.41) is 4.00. The number of carbonyl (C=O) groups is 2. The molecule has 2 aliphatic rings. The van der Waals surface area contributed by atoms with E-state index in [-0.39, 0.29) is 24.2 Å². The van der Waals surface area contributed by atoms with E-state index in [1.807, 2.05) is 12.1 Å². The lowest BCUT2D eigenvalue weighted by Gasteiger charge is -2.38. The van der Waals surface area contributed by atoms with Crippen LogP contribution in [-0.2, 0) is 15.0 Å². The summed E-state index contributed by atoms with van der Waals surface area (Å²) in [5.41, 5.74) is 2.13. The fourth-order valence-corrected chi connectivity index (χ4v) is 5.63. The minimum Gasteiger partial charge on any atom is -0.324 e. The molecule has 34 heavy (non-hydrogen) atoms. The van der Waals surface area contributed by atoms with Gasteiger partial charge < -0.3 is 10.2 Å². The van der Waals surface area contributed by atoms with Crippen molar-refractivity contribution in [3.63, 3.8) is 0 Å². The van der Waals surface area contributed by atoms with Crippen LogP contribution in [0.5, 0.6) is 0 Å². The topological polar surface area (TPSA) is 49.4 Å². The number of rotatable bonds is 3. The molecule has 0 bridgehead atoms. The van der Waals surface area contributed by atoms with Gasteiger partial charge in [-0.05, 0) is 66.4 Å². The van der Waals surface area contributed by atoms with Crippen LogP contribution in [0.1, 0.15) is 48.4 Å². The van der Waals surface area contributed by atoms with Gasteiger partial charge in [0.05, 0.1) is 11.5 Å². The Labute approximate surface area is 207 Å². The van der Waals surface area contributed by atoms with E-state index in [9.17, 15) is 14.0 Å². The van der Waals surface area contributed by atoms with E-state index >= 15 is 0 Å². The molecule has 1 atom stereocenters. The molecule has 1 aliphatic carbocycles. The second-order valence-electron chi connectivity index (χ2n) is 8.96. The van der Waals surface area contributed by atoms with Crippen molar-refractivity contribution in [3.05, 3.63) is 99.3 Å². The molecule has 1 aliphatic heterocycles. The number of anilines is 1. The first-order chi connectivity index (χ1) is 16.4. The van der Waals surface area contributed by atoms with E-state index in [4.69, 9.17) is 23.2 Å². The van der Waals surface area contributed by atoms with Gasteiger partial charge in [0.1, 0.15) is 12.4 Å². The maximum Gasteiger partial charge on any atom is 0.244 e. The minimum atomic E-state index is -0.758. The van der Waals surface area contributed by atoms with E-state index in [0.717, 1.165) is 18.4 Å². The lowest BCUT2D eigenvalue weighted by atomic mass is 9.76. The normalized spacial score (nSPS) is 19.3. The van der Waals surface area contributed by atoms with Crippen LogP contribution in [0.15, 0.2) is 66.7 Å². The predicted molar refractivity (Wildman–Crippen MR) is 132 cm³/mol. The van der Waals surface area contributed by atoms with Crippen molar-refractivity contribution in [2.24, 2.45) is 0 Å². The average Bonchev–Trinajstić information content (AvgIpc) is 3.27. The zero-order valence-electron chi connectivity index (χ0n) is 18.4. The van der Waals surface area contributed by atoms with Gasteiger partial charge in [-0.2, -0.15) is 0 Å². The Bertz CT molecular complexity index is 1240. The van der Waals surface area contributed by atoms with Gasteiger partial charge in [-0.3, -0.25) is 9.59 Å². The Hall–Kier alpha value is -2.89. The molecule has 5 rings (SSSR count). The van der Waals surface area contributed by atoms with Crippen molar-refractivity contribution in [2.45, 2.75) is 37.1 Å². The fraction of sp³-hybridized carbons (Fsp3) is 0.259. The van der Waals surface area contributed by atoms with E-state index in [1.165, 1.54) is 12.1 Å². The van der Waals surface area contributed by atoms with Gasteiger partial charge in [0.15, 0.2) is 0 Å². The van der Waals surface area contributed by atoms with Crippen LogP contribution in [0, 0.1) is 5.82 Å². The van der Waals surface area contributed by atoms with Gasteiger partial charge >= 0.3 is 0 Å². The van der Waals surface area contributed by atoms with Crippen molar-refractivity contribution in [1.82, 2.24) is 4.90 Å². The standard InChI is InChI=1S/C27H23Cl2FN2O2/c28-19-7-5-18(6-8-19)27(13-1-2-14-27)26(34)32-16-24(33)31-23-12-9-20(29)15-22(23)25(32)17-3-10-21(30)11-4-17/h3-12,15,25H,1-2,13-14,16H2,(H,31,33)/t25-/m0/s1. The van der Waals surface area contributed by atoms with E-state index in [2.05, 4.69) is 5.32 Å². The Kier molecular flexibility index (Phi) is 6.09. The Morgan fingerprint density at radius 1 is 0.941 bits per heavy atom. The average molecular weight is 497 g/mol. The zero-order valence-corrected chi connectivity index (χ0v) is 19.9. The molecule has 174 valence electrons. The highest BCUT2D eigenvalue weighted by atomic mass is 35.5. The molecule has 0 spiro atoms. The number of benzene rings is 3. The maximum atomic E-state index is 14.5. The number of carbonyl (C=O) groups excluding carboxylic acids is 2. The highest BCUT2D eigenvalue weighted by molar-refractivity contribution is 6.31. The minimum absolute atomic E-state index is 0.121. The summed E-state index contributed by atoms with van der Waals surface area (Å²) in [5.74, 6) is -0.778. The van der Waals surface area contributed by atoms with Crippen LogP contribution in [0.25, 0.3) is 0 Å². The predicted octanol–water partition coefficient (Wildman–Crippen LogP) is 6.51. The highest BCUT2D eigenvalue weighted by Gasteiger charge is 2.48. The van der Waals surface area contributed by atoms with Crippen molar-refractivity contribution in [2.75, 3.05) is 11.9 Å². The van der Waals surface area contributed by atoms with Gasteiger partial charge in [-0.1, -0.05) is 60.3 Å². The van der Waals surface area contributed by atoms with Crippen LogP contribution in [0.2, 0.25) is 10.0 Å². The lowest BCUT2D eigenvalue weighted by Crippen LogP contribution is -2.49. The van der Waals surface area contributed by atoms with Crippen LogP contribution in [-0.4, -0.2) is 23.3 Å². The molecular formula is C27H23Cl2FN2O2. The van der Waals surface area contributed by atoms with Crippen molar-refractivity contribution >= 4 is 40.7 Å². The number of hydrogen-bond donors (Lipinski definition) is 1. The first kappa shape index (κ1) is 22.9. The molecule has 1 heterocycles. The SMILES string of the molecule is O=C1CN(C(=O)C2(c3ccc(Cl)cc3)CCCC2)[C@@H](c2ccc(F)cc2)c2cc(Cl)ccc2N1. The van der Waals surface area contributed by atoms with Gasteiger partial charge in [0, 0.05) is 21.3 Å². The monoisotopic (exact) mass is 496 g/mol. The quantitative estimate of drug-likeness (QED) is 0.448. The molecule has 1 fully saturated rings. The number of nitrogens with zero attached hydrogens (tertiary/aromatic N) is 1. The summed E-state index contributed by atoms with van der Waals surface area (Å²) in [6.45, 7) is -0.123. The van der Waals surface area contributed by atoms with E-state index in [1.54, 1.807) is 47.4 Å². The zero-order chi connectivity index (χ0) is 23.9. The summed E-state index contributed by atoms with van der Waals surface area (Å²) in [6, 6.07) is 18.1. The molecule has 0 unspecified atom stereocenters. The molecule has 0 radical (unpaired) electrons. The number of amides is 2. The Morgan fingerprint density at radius 2 is 1.59 bits per heavy atom. The molecule has 0 aromatic heterocycles. The van der Waals surface area contributed by atoms with Gasteiger partial charge in [-0.25, -0.2) is 4.39 Å². The fourth-order valence-electron chi connectivity index (χ4n) is 5.32. The number of halogens is 3. The maximum absolute atomic E-state index is 14.5. The molecule has 1 saturated carbocycles. The van der Waals surface area contributed by atoms with Gasteiger partial charge in [-0.15, -0.1) is 0 Å². The third-order valence-corrected chi connectivity index (χ3v) is 7.40. The lowest BCUT2D eigenvalue weighted by molar-refractivity contribution is -0.141. The molecular weight excluding hydrogens is 474 g/mol. The van der Waals surface area contributed by atoms with Crippen molar-refractivity contribution < 1.29 is 14.0 Å². The highest BCUT2D eigenvalue weighted by Crippen LogP contribution is 2.46. The molecule has 2 amide bonds. The van der Waals surface area contributed by atoms with Crippen LogP contribution in [0.4, 0.5) is 10.1 Å². The molecule has 3 aromatic carbocycles. The largest absolute Gasteiger partial charge is 0.324 e. The first-order valence-electron chi connectivity index (χ1n) is 11.3. The van der Waals surface area contributed by atoms with E-state index in [0.29, 0.717) is 39.7 Å². The smallest absolute Gasteiger partial charge is 0.244 e. The van der Waals surface area contributed by atoms with E-state index < -0.39 is 11.5 Å². The van der Waals surface area contributed by atoms with Gasteiger partial charge in [0.2, 0.25) is 11.8 Å². The summed E-state index contributed by atoms with van der Waals surface area (Å²) in [6.07, 6.45) is 3.20.